The second-order valence-corrected chi connectivity index (χ2v) is 28.3. The van der Waals surface area contributed by atoms with Crippen LogP contribution in [0, 0.1) is 0 Å². The summed E-state index contributed by atoms with van der Waals surface area (Å²) in [4.78, 5) is 91.9. The number of hydrogen-bond acceptors (Lipinski definition) is 17. The monoisotopic (exact) mass is 1410 g/mol. The largest absolute Gasteiger partial charge is 0.494 e. The molecular weight excluding hydrogens is 1340 g/mol. The average Bonchev–Trinajstić information content (AvgIpc) is 1.58. The third-order valence-corrected chi connectivity index (χ3v) is 20.7. The number of imidazole rings is 3. The molecule has 0 atom stereocenters. The van der Waals surface area contributed by atoms with Crippen molar-refractivity contribution in [2.75, 3.05) is 34.8 Å². The summed E-state index contributed by atoms with van der Waals surface area (Å²) in [7, 11) is 4.64. The van der Waals surface area contributed by atoms with Gasteiger partial charge in [0.1, 0.15) is 38.8 Å². The Kier molecular flexibility index (Phi) is 15.7. The number of rotatable bonds is 9. The predicted molar refractivity (Wildman–Crippen MR) is 382 cm³/mol. The van der Waals surface area contributed by atoms with Crippen LogP contribution >= 0.6 is 15.9 Å². The van der Waals surface area contributed by atoms with E-state index in [1.54, 1.807) is 51.1 Å². The molecule has 28 nitrogen and oxygen atoms in total. The van der Waals surface area contributed by atoms with Crippen molar-refractivity contribution < 1.29 is 18.9 Å². The Balaban J connectivity index is 0.000000105. The molecule has 12 aromatic rings. The highest BCUT2D eigenvalue weighted by molar-refractivity contribution is 9.10. The van der Waals surface area contributed by atoms with E-state index in [2.05, 4.69) is 55.4 Å². The molecule has 0 bridgehead atoms. The minimum Gasteiger partial charge on any atom is -0.399 e. The van der Waals surface area contributed by atoms with E-state index in [1.807, 2.05) is 138 Å². The maximum Gasteiger partial charge on any atom is 0.494 e. The summed E-state index contributed by atoms with van der Waals surface area (Å²) in [5, 5.41) is 19.2. The topological polar surface area (TPSA) is 283 Å². The fourth-order valence-electron chi connectivity index (χ4n) is 13.2. The normalized spacial score (nSPS) is 17.0. The molecule has 13 heterocycles. The molecule has 4 fully saturated rings. The smallest absolute Gasteiger partial charge is 0.399 e. The first-order valence-corrected chi connectivity index (χ1v) is 34.5. The summed E-state index contributed by atoms with van der Waals surface area (Å²) >= 11 is 3.59. The fraction of sp³-hybridized carbons (Fsp3) is 0.371. The molecule has 510 valence electrons. The Morgan fingerprint density at radius 3 is 1.39 bits per heavy atom. The average molecular weight is 1410 g/mol. The Hall–Kier alpha value is -10.5. The van der Waals surface area contributed by atoms with Gasteiger partial charge in [-0.25, -0.2) is 29.9 Å². The van der Waals surface area contributed by atoms with Gasteiger partial charge in [-0.2, -0.15) is 15.3 Å². The summed E-state index contributed by atoms with van der Waals surface area (Å²) in [5.41, 5.74) is 10.4. The molecule has 30 heteroatoms. The Morgan fingerprint density at radius 1 is 0.510 bits per heavy atom. The van der Waals surface area contributed by atoms with Crippen LogP contribution in [0.15, 0.2) is 129 Å². The maximum absolute atomic E-state index is 12.7. The number of aryl methyl sites for hydroxylation is 3. The second kappa shape index (κ2) is 24.5. The first-order chi connectivity index (χ1) is 48.1. The van der Waals surface area contributed by atoms with Gasteiger partial charge in [0, 0.05) is 104 Å². The Labute approximate surface area is 581 Å². The molecule has 19 rings (SSSR count). The van der Waals surface area contributed by atoms with Gasteiger partial charge < -0.3 is 42.0 Å². The van der Waals surface area contributed by atoms with Gasteiger partial charge in [0.15, 0.2) is 0 Å². The number of halogens is 1. The molecule has 7 aliphatic rings. The number of fused-ring (bicyclic) bond motifs is 6. The number of carbonyl (C=O) groups excluding carboxylic acids is 2. The minimum atomic E-state index is -0.468. The molecule has 0 spiro atoms. The first-order valence-electron chi connectivity index (χ1n) is 33.7. The van der Waals surface area contributed by atoms with Gasteiger partial charge in [-0.3, -0.25) is 47.8 Å². The van der Waals surface area contributed by atoms with E-state index in [0.717, 1.165) is 105 Å². The van der Waals surface area contributed by atoms with Crippen molar-refractivity contribution in [3.8, 4) is 56.7 Å². The van der Waals surface area contributed by atoms with E-state index in [-0.39, 0.29) is 28.5 Å². The predicted octanol–water partition coefficient (Wildman–Crippen LogP) is 8.23. The SMILES string of the molecule is CC(=O)N1CCn2c1nc(-c1ccn(C3CC3)n1)c2-c1ccc2ncn(C)c(=O)c2c1.CC(=O)N1CCn2c1nc(-c1ccn(C3CC3)n1)c2Br.Cn1cnc2ccc(-c3c(-c4ccn(C5CC5)n4)nc4n3CCN4)cc2c1=O.Cn1cnc2ccc(B3OC(C)(C)C(C)(C)O3)cc2c1=O. The third-order valence-electron chi connectivity index (χ3n) is 19.9. The van der Waals surface area contributed by atoms with Gasteiger partial charge in [0.25, 0.3) is 16.7 Å². The standard InChI is InChI=1S/C22H21N7O2.C20H19N7O.C15H19BN2O3.C13H14BrN5O/c1-13(30)27-9-10-28-20(14-3-6-17-16(11-14)21(31)26(2)12-23-17)19(24-22(27)28)18-7-8-29(25-18)15-4-5-15;1-25-11-22-15-5-2-12(10-14(15)19(25)28)18-17(23-20-21-7-9-26(18)20)16-6-8-27(24-16)13-3-4-13;1-14(2)15(3,4)21-16(20-14)10-6-7-12-11(8-10)13(19)18(5)9-17-12;1-8(20)17-6-7-18-12(14)11(15-13(17)18)10-4-5-19(16-10)9-2-3-9/h3,6-8,11-12,15H,4-5,9-10H2,1-2H3;2,5-6,8,10-11,13H,3-4,7,9H2,1H3,(H,21,23);6-9H,1-5H3;4-5,9H,2-3,6-7H2,1H3. The van der Waals surface area contributed by atoms with Crippen molar-refractivity contribution in [3.63, 3.8) is 0 Å². The van der Waals surface area contributed by atoms with Gasteiger partial charge in [-0.15, -0.1) is 0 Å². The molecular formula is C70H73BBrN21O7. The van der Waals surface area contributed by atoms with Crippen molar-refractivity contribution in [1.82, 2.24) is 86.6 Å². The van der Waals surface area contributed by atoms with Gasteiger partial charge in [0.05, 0.1) is 92.4 Å². The number of carbonyl (C=O) groups is 2. The number of anilines is 3. The van der Waals surface area contributed by atoms with E-state index in [9.17, 15) is 24.0 Å². The van der Waals surface area contributed by atoms with E-state index >= 15 is 0 Å². The lowest BCUT2D eigenvalue weighted by atomic mass is 9.78. The zero-order valence-corrected chi connectivity index (χ0v) is 58.5. The van der Waals surface area contributed by atoms with Crippen molar-refractivity contribution in [2.45, 2.75) is 129 Å². The molecule has 1 saturated heterocycles. The van der Waals surface area contributed by atoms with Gasteiger partial charge >= 0.3 is 7.12 Å². The van der Waals surface area contributed by atoms with E-state index in [4.69, 9.17) is 29.5 Å². The molecule has 2 amide bonds. The van der Waals surface area contributed by atoms with Crippen LogP contribution in [0.25, 0.3) is 89.4 Å². The van der Waals surface area contributed by atoms with Crippen LogP contribution in [0.4, 0.5) is 17.8 Å². The number of aromatic nitrogens is 18. The zero-order chi connectivity index (χ0) is 69.4. The highest BCUT2D eigenvalue weighted by Gasteiger charge is 2.52. The molecule has 3 aliphatic carbocycles. The van der Waals surface area contributed by atoms with Crippen LogP contribution in [0.2, 0.25) is 0 Å². The Morgan fingerprint density at radius 2 is 0.920 bits per heavy atom. The van der Waals surface area contributed by atoms with Gasteiger partial charge in [0.2, 0.25) is 29.7 Å². The number of hydrogen-bond donors (Lipinski definition) is 1. The van der Waals surface area contributed by atoms with E-state index in [1.165, 1.54) is 52.0 Å². The lowest BCUT2D eigenvalue weighted by molar-refractivity contribution is -0.117. The first kappa shape index (κ1) is 64.2. The van der Waals surface area contributed by atoms with Crippen LogP contribution in [0.3, 0.4) is 0 Å². The Bertz CT molecular complexity index is 5480. The van der Waals surface area contributed by atoms with Crippen molar-refractivity contribution in [1.29, 1.82) is 0 Å². The fourth-order valence-corrected chi connectivity index (χ4v) is 13.8. The quantitative estimate of drug-likeness (QED) is 0.133. The minimum absolute atomic E-state index is 0.0244. The van der Waals surface area contributed by atoms with Crippen molar-refractivity contribution in [2.24, 2.45) is 21.1 Å². The van der Waals surface area contributed by atoms with Crippen LogP contribution in [0.5, 0.6) is 0 Å². The second-order valence-electron chi connectivity index (χ2n) is 27.6. The van der Waals surface area contributed by atoms with Crippen LogP contribution < -0.4 is 37.3 Å². The lowest BCUT2D eigenvalue weighted by Gasteiger charge is -2.32. The molecule has 100 heavy (non-hydrogen) atoms. The van der Waals surface area contributed by atoms with Crippen LogP contribution in [-0.4, -0.2) is 136 Å². The molecule has 0 unspecified atom stereocenters. The van der Waals surface area contributed by atoms with E-state index < -0.39 is 18.3 Å². The highest BCUT2D eigenvalue weighted by atomic mass is 79.9. The molecule has 3 aromatic carbocycles. The highest BCUT2D eigenvalue weighted by Crippen LogP contribution is 2.43. The molecule has 3 saturated carbocycles. The number of nitrogens with one attached hydrogen (secondary N) is 1. The summed E-state index contributed by atoms with van der Waals surface area (Å²) in [6.45, 7) is 15.5. The molecule has 1 N–H and O–H groups in total. The summed E-state index contributed by atoms with van der Waals surface area (Å²) in [5.74, 6) is 2.17. The number of nitrogens with zero attached hydrogens (tertiary/aromatic N) is 20. The number of benzene rings is 3. The van der Waals surface area contributed by atoms with Gasteiger partial charge in [-0.05, 0) is 142 Å². The molecule has 4 aliphatic heterocycles. The maximum atomic E-state index is 12.7. The molecule has 9 aromatic heterocycles. The van der Waals surface area contributed by atoms with Gasteiger partial charge in [-0.1, -0.05) is 18.2 Å². The summed E-state index contributed by atoms with van der Waals surface area (Å²) < 4.78 is 29.7. The molecule has 0 radical (unpaired) electrons. The number of amides is 2. The van der Waals surface area contributed by atoms with Crippen molar-refractivity contribution >= 4 is 90.9 Å². The lowest BCUT2D eigenvalue weighted by Crippen LogP contribution is -2.41. The zero-order valence-electron chi connectivity index (χ0n) is 56.9. The summed E-state index contributed by atoms with van der Waals surface area (Å²) in [6, 6.07) is 24.6. The van der Waals surface area contributed by atoms with Crippen LogP contribution in [0.1, 0.15) is 98.2 Å². The van der Waals surface area contributed by atoms with Crippen LogP contribution in [-0.2, 0) is 59.7 Å². The third kappa shape index (κ3) is 11.5. The van der Waals surface area contributed by atoms with Crippen molar-refractivity contribution in [3.05, 3.63) is 146 Å². The summed E-state index contributed by atoms with van der Waals surface area (Å²) in [6.07, 6.45) is 17.7. The van der Waals surface area contributed by atoms with E-state index in [0.29, 0.717) is 82.4 Å².